The summed E-state index contributed by atoms with van der Waals surface area (Å²) in [7, 11) is 0. The van der Waals surface area contributed by atoms with Crippen LogP contribution in [0.1, 0.15) is 18.1 Å². The Morgan fingerprint density at radius 2 is 1.79 bits per heavy atom. The number of imide groups is 1. The van der Waals surface area contributed by atoms with E-state index in [0.29, 0.717) is 37.7 Å². The van der Waals surface area contributed by atoms with E-state index < -0.39 is 35.7 Å². The van der Waals surface area contributed by atoms with Crippen LogP contribution in [-0.4, -0.2) is 65.3 Å². The minimum Gasteiger partial charge on any atom is -0.339 e. The van der Waals surface area contributed by atoms with Crippen LogP contribution in [0.25, 0.3) is 0 Å². The molecule has 174 valence electrons. The lowest BCUT2D eigenvalue weighted by molar-refractivity contribution is -0.140. The zero-order valence-electron chi connectivity index (χ0n) is 18.0. The molecule has 0 aliphatic carbocycles. The van der Waals surface area contributed by atoms with Crippen molar-refractivity contribution in [2.45, 2.75) is 19.0 Å². The molecule has 10 heteroatoms. The zero-order chi connectivity index (χ0) is 23.8. The number of halogens is 3. The van der Waals surface area contributed by atoms with E-state index in [1.54, 1.807) is 4.90 Å². The maximum absolute atomic E-state index is 13.7. The van der Waals surface area contributed by atoms with Crippen molar-refractivity contribution in [2.24, 2.45) is 0 Å². The summed E-state index contributed by atoms with van der Waals surface area (Å²) in [4.78, 5) is 42.9. The predicted molar refractivity (Wildman–Crippen MR) is 117 cm³/mol. The molecule has 1 atom stereocenters. The summed E-state index contributed by atoms with van der Waals surface area (Å²) in [6.45, 7) is 3.91. The molecule has 2 fully saturated rings. The molecule has 1 N–H and O–H groups in total. The van der Waals surface area contributed by atoms with Gasteiger partial charge in [-0.15, -0.1) is 0 Å². The van der Waals surface area contributed by atoms with E-state index in [9.17, 15) is 23.2 Å². The zero-order valence-corrected chi connectivity index (χ0v) is 18.7. The first-order chi connectivity index (χ1) is 15.7. The Labute approximate surface area is 194 Å². The van der Waals surface area contributed by atoms with E-state index in [0.717, 1.165) is 22.6 Å². The Morgan fingerprint density at radius 3 is 2.45 bits per heavy atom. The molecule has 4 amide bonds. The van der Waals surface area contributed by atoms with Crippen LogP contribution in [0, 0.1) is 11.6 Å². The van der Waals surface area contributed by atoms with Gasteiger partial charge >= 0.3 is 6.03 Å². The average Bonchev–Trinajstić information content (AvgIpc) is 3.00. The number of benzene rings is 2. The van der Waals surface area contributed by atoms with Gasteiger partial charge in [0.25, 0.3) is 5.91 Å². The number of piperazine rings is 1. The lowest BCUT2D eigenvalue weighted by Gasteiger charge is -2.35. The molecule has 0 bridgehead atoms. The normalized spacial score (nSPS) is 21.5. The molecule has 0 spiro atoms. The molecular weight excluding hydrogens is 454 g/mol. The second-order valence-corrected chi connectivity index (χ2v) is 8.80. The average molecular weight is 477 g/mol. The molecule has 2 aromatic carbocycles. The fourth-order valence-electron chi connectivity index (χ4n) is 4.13. The summed E-state index contributed by atoms with van der Waals surface area (Å²) in [5.74, 6) is -3.22. The molecule has 2 aliphatic rings. The van der Waals surface area contributed by atoms with Crippen molar-refractivity contribution < 1.29 is 23.2 Å². The first-order valence-corrected chi connectivity index (χ1v) is 10.9. The van der Waals surface area contributed by atoms with Crippen LogP contribution in [0.5, 0.6) is 0 Å². The van der Waals surface area contributed by atoms with E-state index in [1.807, 2.05) is 24.3 Å². The molecule has 33 heavy (non-hydrogen) atoms. The number of hydrogen-bond donors (Lipinski definition) is 1. The summed E-state index contributed by atoms with van der Waals surface area (Å²) >= 11 is 6.03. The highest BCUT2D eigenvalue weighted by molar-refractivity contribution is 6.30. The third-order valence-electron chi connectivity index (χ3n) is 6.09. The largest absolute Gasteiger partial charge is 0.339 e. The van der Waals surface area contributed by atoms with Gasteiger partial charge in [-0.1, -0.05) is 29.8 Å². The van der Waals surface area contributed by atoms with Gasteiger partial charge in [-0.25, -0.2) is 13.6 Å². The van der Waals surface area contributed by atoms with Gasteiger partial charge in [0.05, 0.1) is 0 Å². The molecule has 2 heterocycles. The van der Waals surface area contributed by atoms with Crippen molar-refractivity contribution >= 4 is 29.4 Å². The Bertz CT molecular complexity index is 1110. The van der Waals surface area contributed by atoms with E-state index in [1.165, 1.54) is 13.0 Å². The second-order valence-electron chi connectivity index (χ2n) is 8.36. The Balaban J connectivity index is 1.36. The van der Waals surface area contributed by atoms with Crippen molar-refractivity contribution in [2.75, 3.05) is 32.7 Å². The van der Waals surface area contributed by atoms with Crippen molar-refractivity contribution in [1.29, 1.82) is 0 Å². The van der Waals surface area contributed by atoms with Crippen LogP contribution in [0.3, 0.4) is 0 Å². The summed E-state index contributed by atoms with van der Waals surface area (Å²) in [5, 5.41) is 3.17. The predicted octanol–water partition coefficient (Wildman–Crippen LogP) is 2.73. The van der Waals surface area contributed by atoms with E-state index in [4.69, 9.17) is 11.6 Å². The Hall–Kier alpha value is -3.04. The third-order valence-corrected chi connectivity index (χ3v) is 6.32. The summed E-state index contributed by atoms with van der Waals surface area (Å²) in [6, 6.07) is 9.86. The van der Waals surface area contributed by atoms with Crippen LogP contribution in [-0.2, 0) is 21.7 Å². The molecule has 2 saturated heterocycles. The van der Waals surface area contributed by atoms with Crippen molar-refractivity contribution in [3.8, 4) is 0 Å². The number of rotatable bonds is 5. The number of nitrogens with zero attached hydrogens (tertiary/aromatic N) is 3. The lowest BCUT2D eigenvalue weighted by atomic mass is 9.92. The molecule has 0 saturated carbocycles. The van der Waals surface area contributed by atoms with Gasteiger partial charge in [0.15, 0.2) is 11.6 Å². The number of carbonyl (C=O) groups is 3. The van der Waals surface area contributed by atoms with Gasteiger partial charge in [0.2, 0.25) is 5.91 Å². The minimum atomic E-state index is -1.58. The van der Waals surface area contributed by atoms with Crippen LogP contribution >= 0.6 is 11.6 Å². The molecule has 0 aromatic heterocycles. The Morgan fingerprint density at radius 1 is 1.06 bits per heavy atom. The first kappa shape index (κ1) is 23.1. The highest BCUT2D eigenvalue weighted by atomic mass is 35.5. The SMILES string of the molecule is CC1(c2ccc(F)c(F)c2)NC(=O)N(CC(=O)N2CCN(Cc3cccc(Cl)c3)CC2)C1=O. The molecule has 2 aliphatic heterocycles. The van der Waals surface area contributed by atoms with Crippen LogP contribution in [0.15, 0.2) is 42.5 Å². The Kier molecular flexibility index (Phi) is 6.36. The fourth-order valence-corrected chi connectivity index (χ4v) is 4.34. The summed E-state index contributed by atoms with van der Waals surface area (Å²) < 4.78 is 27.0. The molecule has 0 radical (unpaired) electrons. The van der Waals surface area contributed by atoms with Crippen molar-refractivity contribution in [1.82, 2.24) is 20.0 Å². The quantitative estimate of drug-likeness (QED) is 0.673. The van der Waals surface area contributed by atoms with Gasteiger partial charge in [-0.05, 0) is 42.3 Å². The standard InChI is InChI=1S/C23H23ClF2N4O3/c1-23(16-5-6-18(25)19(26)12-16)21(32)30(22(33)27-23)14-20(31)29-9-7-28(8-10-29)13-15-3-2-4-17(24)11-15/h2-6,11-12H,7-10,13-14H2,1H3,(H,27,33). The van der Waals surface area contributed by atoms with Gasteiger partial charge < -0.3 is 10.2 Å². The van der Waals surface area contributed by atoms with Crippen molar-refractivity contribution in [3.05, 3.63) is 70.2 Å². The topological polar surface area (TPSA) is 73.0 Å². The van der Waals surface area contributed by atoms with Crippen LogP contribution in [0.4, 0.5) is 13.6 Å². The van der Waals surface area contributed by atoms with E-state index in [-0.39, 0.29) is 11.5 Å². The van der Waals surface area contributed by atoms with Crippen LogP contribution in [0.2, 0.25) is 5.02 Å². The van der Waals surface area contributed by atoms with Crippen LogP contribution < -0.4 is 5.32 Å². The minimum absolute atomic E-state index is 0.101. The van der Waals surface area contributed by atoms with E-state index in [2.05, 4.69) is 10.2 Å². The fraction of sp³-hybridized carbons (Fsp3) is 0.348. The van der Waals surface area contributed by atoms with E-state index >= 15 is 0 Å². The van der Waals surface area contributed by atoms with Gasteiger partial charge in [0.1, 0.15) is 12.1 Å². The highest BCUT2D eigenvalue weighted by Crippen LogP contribution is 2.29. The second kappa shape index (κ2) is 9.07. The summed E-state index contributed by atoms with van der Waals surface area (Å²) in [5.41, 5.74) is -0.399. The number of amides is 4. The van der Waals surface area contributed by atoms with Crippen molar-refractivity contribution in [3.63, 3.8) is 0 Å². The van der Waals surface area contributed by atoms with Gasteiger partial charge in [0, 0.05) is 37.7 Å². The number of carbonyl (C=O) groups excluding carboxylic acids is 3. The smallest absolute Gasteiger partial charge is 0.325 e. The van der Waals surface area contributed by atoms with Gasteiger partial charge in [-0.2, -0.15) is 0 Å². The maximum atomic E-state index is 13.7. The molecule has 1 unspecified atom stereocenters. The number of hydrogen-bond acceptors (Lipinski definition) is 4. The highest BCUT2D eigenvalue weighted by Gasteiger charge is 2.50. The van der Waals surface area contributed by atoms with Gasteiger partial charge in [-0.3, -0.25) is 19.4 Å². The first-order valence-electron chi connectivity index (χ1n) is 10.5. The molecular formula is C23H23ClF2N4O3. The monoisotopic (exact) mass is 476 g/mol. The molecule has 7 nitrogen and oxygen atoms in total. The summed E-state index contributed by atoms with van der Waals surface area (Å²) in [6.07, 6.45) is 0. The lowest BCUT2D eigenvalue weighted by Crippen LogP contribution is -2.51. The number of urea groups is 1. The third kappa shape index (κ3) is 4.69. The molecule has 4 rings (SSSR count). The maximum Gasteiger partial charge on any atom is 0.325 e. The molecule has 2 aromatic rings. The number of nitrogens with one attached hydrogen (secondary N) is 1.